The number of halogens is 3. The van der Waals surface area contributed by atoms with E-state index in [1.54, 1.807) is 18.2 Å². The first-order valence-corrected chi connectivity index (χ1v) is 6.17. The topological polar surface area (TPSA) is 58.0 Å². The average molecular weight is 285 g/mol. The first-order valence-electron chi connectivity index (χ1n) is 6.17. The summed E-state index contributed by atoms with van der Waals surface area (Å²) in [5, 5.41) is 12.5. The SMILES string of the molecule is CC[C@H](CO)Nc1nc(C(F)(F)F)nc2ccccc12. The smallest absolute Gasteiger partial charge is 0.394 e. The number of anilines is 1. The highest BCUT2D eigenvalue weighted by Gasteiger charge is 2.35. The lowest BCUT2D eigenvalue weighted by molar-refractivity contribution is -0.144. The molecule has 1 atom stereocenters. The lowest BCUT2D eigenvalue weighted by atomic mass is 10.2. The van der Waals surface area contributed by atoms with Gasteiger partial charge in [-0.2, -0.15) is 13.2 Å². The van der Waals surface area contributed by atoms with Crippen LogP contribution in [0.5, 0.6) is 0 Å². The third kappa shape index (κ3) is 2.98. The second-order valence-electron chi connectivity index (χ2n) is 4.34. The van der Waals surface area contributed by atoms with Crippen molar-refractivity contribution >= 4 is 16.7 Å². The van der Waals surface area contributed by atoms with Crippen LogP contribution in [-0.2, 0) is 6.18 Å². The summed E-state index contributed by atoms with van der Waals surface area (Å²) in [6, 6.07) is 6.10. The van der Waals surface area contributed by atoms with Gasteiger partial charge in [0.25, 0.3) is 0 Å². The van der Waals surface area contributed by atoms with Crippen LogP contribution >= 0.6 is 0 Å². The number of nitrogens with zero attached hydrogens (tertiary/aromatic N) is 2. The molecule has 0 fully saturated rings. The lowest BCUT2D eigenvalue weighted by Crippen LogP contribution is -2.24. The van der Waals surface area contributed by atoms with E-state index in [-0.39, 0.29) is 24.0 Å². The van der Waals surface area contributed by atoms with Crippen molar-refractivity contribution in [3.05, 3.63) is 30.1 Å². The van der Waals surface area contributed by atoms with Crippen LogP contribution in [0.1, 0.15) is 19.2 Å². The number of rotatable bonds is 4. The molecule has 1 aromatic heterocycles. The van der Waals surface area contributed by atoms with Crippen LogP contribution in [0.3, 0.4) is 0 Å². The van der Waals surface area contributed by atoms with Crippen LogP contribution < -0.4 is 5.32 Å². The molecule has 0 amide bonds. The predicted octanol–water partition coefficient (Wildman–Crippen LogP) is 2.83. The Morgan fingerprint density at radius 2 is 1.95 bits per heavy atom. The molecule has 0 saturated heterocycles. The Bertz CT molecular complexity index is 597. The highest BCUT2D eigenvalue weighted by Crippen LogP contribution is 2.30. The average Bonchev–Trinajstić information content (AvgIpc) is 2.43. The first kappa shape index (κ1) is 14.5. The van der Waals surface area contributed by atoms with Gasteiger partial charge in [-0.05, 0) is 18.6 Å². The van der Waals surface area contributed by atoms with Crippen molar-refractivity contribution in [3.63, 3.8) is 0 Å². The van der Waals surface area contributed by atoms with E-state index in [0.29, 0.717) is 11.8 Å². The van der Waals surface area contributed by atoms with Gasteiger partial charge in [0.15, 0.2) is 0 Å². The fourth-order valence-corrected chi connectivity index (χ4v) is 1.78. The number of nitrogens with one attached hydrogen (secondary N) is 1. The Balaban J connectivity index is 2.55. The minimum absolute atomic E-state index is 0.0869. The molecule has 0 spiro atoms. The van der Waals surface area contributed by atoms with E-state index in [9.17, 15) is 13.2 Å². The molecule has 20 heavy (non-hydrogen) atoms. The predicted molar refractivity (Wildman–Crippen MR) is 69.3 cm³/mol. The Morgan fingerprint density at radius 3 is 2.55 bits per heavy atom. The van der Waals surface area contributed by atoms with Gasteiger partial charge in [0.1, 0.15) is 5.82 Å². The molecule has 1 heterocycles. The molecule has 1 aromatic carbocycles. The second-order valence-corrected chi connectivity index (χ2v) is 4.34. The maximum absolute atomic E-state index is 12.8. The number of aromatic nitrogens is 2. The van der Waals surface area contributed by atoms with Gasteiger partial charge in [0.05, 0.1) is 18.2 Å². The normalized spacial score (nSPS) is 13.4. The van der Waals surface area contributed by atoms with E-state index in [0.717, 1.165) is 0 Å². The molecule has 2 rings (SSSR count). The van der Waals surface area contributed by atoms with E-state index in [1.165, 1.54) is 6.07 Å². The van der Waals surface area contributed by atoms with E-state index >= 15 is 0 Å². The van der Waals surface area contributed by atoms with Crippen LogP contribution in [-0.4, -0.2) is 27.7 Å². The van der Waals surface area contributed by atoms with Gasteiger partial charge in [-0.15, -0.1) is 0 Å². The molecule has 4 nitrogen and oxygen atoms in total. The summed E-state index contributed by atoms with van der Waals surface area (Å²) in [6.45, 7) is 1.64. The fraction of sp³-hybridized carbons (Fsp3) is 0.385. The van der Waals surface area contributed by atoms with Crippen LogP contribution in [0.4, 0.5) is 19.0 Å². The number of para-hydroxylation sites is 1. The zero-order chi connectivity index (χ0) is 14.8. The molecule has 108 valence electrons. The number of hydrogen-bond donors (Lipinski definition) is 2. The number of aliphatic hydroxyl groups is 1. The molecule has 0 bridgehead atoms. The fourth-order valence-electron chi connectivity index (χ4n) is 1.78. The molecule has 7 heteroatoms. The standard InChI is InChI=1S/C13H14F3N3O/c1-2-8(7-20)17-11-9-5-3-4-6-10(9)18-12(19-11)13(14,15)16/h3-6,8,20H,2,7H2,1H3,(H,17,18,19)/t8-/m1/s1. The lowest BCUT2D eigenvalue weighted by Gasteiger charge is -2.17. The van der Waals surface area contributed by atoms with Crippen molar-refractivity contribution in [2.24, 2.45) is 0 Å². The van der Waals surface area contributed by atoms with Crippen molar-refractivity contribution in [2.45, 2.75) is 25.6 Å². The zero-order valence-electron chi connectivity index (χ0n) is 10.8. The Morgan fingerprint density at radius 1 is 1.25 bits per heavy atom. The maximum Gasteiger partial charge on any atom is 0.451 e. The van der Waals surface area contributed by atoms with Gasteiger partial charge in [-0.1, -0.05) is 19.1 Å². The molecular formula is C13H14F3N3O. The van der Waals surface area contributed by atoms with Crippen LogP contribution in [0.15, 0.2) is 24.3 Å². The monoisotopic (exact) mass is 285 g/mol. The summed E-state index contributed by atoms with van der Waals surface area (Å²) in [4.78, 5) is 7.08. The number of aliphatic hydroxyl groups excluding tert-OH is 1. The molecule has 0 radical (unpaired) electrons. The molecule has 2 N–H and O–H groups in total. The number of benzene rings is 1. The van der Waals surface area contributed by atoms with E-state index in [2.05, 4.69) is 15.3 Å². The first-order chi connectivity index (χ1) is 9.45. The van der Waals surface area contributed by atoms with E-state index in [1.807, 2.05) is 6.92 Å². The molecule has 0 aliphatic heterocycles. The number of alkyl halides is 3. The van der Waals surface area contributed by atoms with Crippen molar-refractivity contribution in [1.82, 2.24) is 9.97 Å². The van der Waals surface area contributed by atoms with Gasteiger partial charge in [0.2, 0.25) is 5.82 Å². The van der Waals surface area contributed by atoms with Crippen molar-refractivity contribution in [1.29, 1.82) is 0 Å². The summed E-state index contributed by atoms with van der Waals surface area (Å²) < 4.78 is 38.4. The molecular weight excluding hydrogens is 271 g/mol. The quantitative estimate of drug-likeness (QED) is 0.907. The highest BCUT2D eigenvalue weighted by molar-refractivity contribution is 5.89. The van der Waals surface area contributed by atoms with E-state index < -0.39 is 12.0 Å². The summed E-state index contributed by atoms with van der Waals surface area (Å²) in [5.41, 5.74) is 0.213. The molecule has 2 aromatic rings. The summed E-state index contributed by atoms with van der Waals surface area (Å²) in [5.74, 6) is -1.10. The largest absolute Gasteiger partial charge is 0.451 e. The Kier molecular flexibility index (Phi) is 4.08. The highest BCUT2D eigenvalue weighted by atomic mass is 19.4. The van der Waals surface area contributed by atoms with Crippen LogP contribution in [0.25, 0.3) is 10.9 Å². The maximum atomic E-state index is 12.8. The Labute approximate surface area is 113 Å². The molecule has 0 saturated carbocycles. The summed E-state index contributed by atoms with van der Waals surface area (Å²) in [6.07, 6.45) is -4.04. The molecule has 0 unspecified atom stereocenters. The summed E-state index contributed by atoms with van der Waals surface area (Å²) >= 11 is 0. The van der Waals surface area contributed by atoms with Crippen LogP contribution in [0, 0.1) is 0 Å². The third-order valence-electron chi connectivity index (χ3n) is 2.91. The van der Waals surface area contributed by atoms with Gasteiger partial charge < -0.3 is 10.4 Å². The molecule has 0 aliphatic carbocycles. The third-order valence-corrected chi connectivity index (χ3v) is 2.91. The van der Waals surface area contributed by atoms with Crippen molar-refractivity contribution in [3.8, 4) is 0 Å². The Hall–Kier alpha value is -1.89. The van der Waals surface area contributed by atoms with Gasteiger partial charge in [0, 0.05) is 5.39 Å². The molecule has 0 aliphatic rings. The minimum atomic E-state index is -4.61. The zero-order valence-corrected chi connectivity index (χ0v) is 10.8. The van der Waals surface area contributed by atoms with Crippen molar-refractivity contribution in [2.75, 3.05) is 11.9 Å². The van der Waals surface area contributed by atoms with Crippen molar-refractivity contribution < 1.29 is 18.3 Å². The summed E-state index contributed by atoms with van der Waals surface area (Å²) in [7, 11) is 0. The second kappa shape index (κ2) is 5.62. The minimum Gasteiger partial charge on any atom is -0.394 e. The number of fused-ring (bicyclic) bond motifs is 1. The van der Waals surface area contributed by atoms with Gasteiger partial charge >= 0.3 is 6.18 Å². The van der Waals surface area contributed by atoms with Gasteiger partial charge in [-0.25, -0.2) is 9.97 Å². The van der Waals surface area contributed by atoms with Crippen LogP contribution in [0.2, 0.25) is 0 Å². The number of hydrogen-bond acceptors (Lipinski definition) is 4. The van der Waals surface area contributed by atoms with Gasteiger partial charge in [-0.3, -0.25) is 0 Å². The van der Waals surface area contributed by atoms with E-state index in [4.69, 9.17) is 5.11 Å².